The van der Waals surface area contributed by atoms with Gasteiger partial charge in [-0.1, -0.05) is 33.8 Å². The van der Waals surface area contributed by atoms with E-state index >= 15 is 0 Å². The van der Waals surface area contributed by atoms with Gasteiger partial charge in [-0.25, -0.2) is 4.79 Å². The van der Waals surface area contributed by atoms with Crippen LogP contribution in [0.1, 0.15) is 73.9 Å². The Hall–Kier alpha value is -1.51. The van der Waals surface area contributed by atoms with Gasteiger partial charge < -0.3 is 10.2 Å². The van der Waals surface area contributed by atoms with Gasteiger partial charge in [-0.15, -0.1) is 0 Å². The summed E-state index contributed by atoms with van der Waals surface area (Å²) in [4.78, 5) is 11.1. The minimum absolute atomic E-state index is 0.00245. The normalized spacial score (nSPS) is 14.2. The second-order valence-corrected chi connectivity index (χ2v) is 4.89. The van der Waals surface area contributed by atoms with E-state index in [2.05, 4.69) is 13.8 Å². The molecule has 0 fully saturated rings. The molecule has 0 aromatic heterocycles. The molecular weight excluding hydrogens is 228 g/mol. The standard InChI is InChI=1S/C15H22O3/c1-5-9(3)11-7-8-12(15(17)18)14(16)13(11)10(4)6-2/h7-10,16H,5-6H2,1-4H3,(H,17,18). The average molecular weight is 250 g/mol. The van der Waals surface area contributed by atoms with Crippen LogP contribution in [0.25, 0.3) is 0 Å². The summed E-state index contributed by atoms with van der Waals surface area (Å²) in [5.74, 6) is -0.654. The first-order chi connectivity index (χ1) is 8.43. The van der Waals surface area contributed by atoms with Gasteiger partial charge in [0, 0.05) is 5.56 Å². The van der Waals surface area contributed by atoms with Crippen LogP contribution < -0.4 is 0 Å². The Labute approximate surface area is 108 Å². The highest BCUT2D eigenvalue weighted by Gasteiger charge is 2.22. The molecule has 0 aliphatic carbocycles. The second kappa shape index (κ2) is 5.89. The number of carbonyl (C=O) groups is 1. The summed E-state index contributed by atoms with van der Waals surface area (Å²) in [5.41, 5.74) is 1.86. The number of phenols is 1. The van der Waals surface area contributed by atoms with Crippen LogP contribution in [0.5, 0.6) is 5.75 Å². The quantitative estimate of drug-likeness (QED) is 0.826. The van der Waals surface area contributed by atoms with E-state index < -0.39 is 5.97 Å². The number of carboxylic acid groups (broad SMARTS) is 1. The monoisotopic (exact) mass is 250 g/mol. The molecule has 0 radical (unpaired) electrons. The fourth-order valence-corrected chi connectivity index (χ4v) is 2.17. The SMILES string of the molecule is CCC(C)c1ccc(C(=O)O)c(O)c1C(C)CC. The highest BCUT2D eigenvalue weighted by atomic mass is 16.4. The lowest BCUT2D eigenvalue weighted by Gasteiger charge is -2.21. The van der Waals surface area contributed by atoms with E-state index in [-0.39, 0.29) is 17.2 Å². The molecule has 0 amide bonds. The maximum atomic E-state index is 11.1. The number of aromatic carboxylic acids is 1. The molecule has 2 N–H and O–H groups in total. The van der Waals surface area contributed by atoms with Gasteiger partial charge in [-0.3, -0.25) is 0 Å². The summed E-state index contributed by atoms with van der Waals surface area (Å²) in [5, 5.41) is 19.3. The molecule has 0 saturated carbocycles. The highest BCUT2D eigenvalue weighted by Crippen LogP contribution is 2.38. The van der Waals surface area contributed by atoms with Crippen LogP contribution in [-0.2, 0) is 0 Å². The van der Waals surface area contributed by atoms with Gasteiger partial charge in [0.2, 0.25) is 0 Å². The van der Waals surface area contributed by atoms with Crippen LogP contribution in [0, 0.1) is 0 Å². The van der Waals surface area contributed by atoms with Crippen molar-refractivity contribution in [2.45, 2.75) is 52.4 Å². The van der Waals surface area contributed by atoms with Gasteiger partial charge in [0.15, 0.2) is 0 Å². The zero-order chi connectivity index (χ0) is 13.9. The predicted octanol–water partition coefficient (Wildman–Crippen LogP) is 4.12. The largest absolute Gasteiger partial charge is 0.507 e. The summed E-state index contributed by atoms with van der Waals surface area (Å²) >= 11 is 0. The average Bonchev–Trinajstić information content (AvgIpc) is 2.35. The third kappa shape index (κ3) is 2.66. The summed E-state index contributed by atoms with van der Waals surface area (Å²) < 4.78 is 0. The van der Waals surface area contributed by atoms with Gasteiger partial charge in [-0.2, -0.15) is 0 Å². The fraction of sp³-hybridized carbons (Fsp3) is 0.533. The number of aromatic hydroxyl groups is 1. The number of carboxylic acids is 1. The molecule has 0 bridgehead atoms. The third-order valence-electron chi connectivity index (χ3n) is 3.73. The molecule has 3 heteroatoms. The Morgan fingerprint density at radius 2 is 1.72 bits per heavy atom. The lowest BCUT2D eigenvalue weighted by molar-refractivity contribution is 0.0693. The lowest BCUT2D eigenvalue weighted by atomic mass is 9.84. The van der Waals surface area contributed by atoms with Crippen molar-refractivity contribution in [1.29, 1.82) is 0 Å². The second-order valence-electron chi connectivity index (χ2n) is 4.89. The van der Waals surface area contributed by atoms with E-state index in [0.29, 0.717) is 5.92 Å². The van der Waals surface area contributed by atoms with E-state index in [1.165, 1.54) is 6.07 Å². The van der Waals surface area contributed by atoms with Crippen LogP contribution in [0.2, 0.25) is 0 Å². The summed E-state index contributed by atoms with van der Waals surface area (Å²) in [6.07, 6.45) is 1.84. The van der Waals surface area contributed by atoms with E-state index in [4.69, 9.17) is 5.11 Å². The maximum absolute atomic E-state index is 11.1. The van der Waals surface area contributed by atoms with Crippen molar-refractivity contribution in [2.75, 3.05) is 0 Å². The molecule has 0 spiro atoms. The molecule has 100 valence electrons. The smallest absolute Gasteiger partial charge is 0.339 e. The number of benzene rings is 1. The van der Waals surface area contributed by atoms with E-state index in [9.17, 15) is 9.90 Å². The molecule has 18 heavy (non-hydrogen) atoms. The van der Waals surface area contributed by atoms with E-state index in [1.807, 2.05) is 19.9 Å². The molecule has 1 rings (SSSR count). The fourth-order valence-electron chi connectivity index (χ4n) is 2.17. The first-order valence-corrected chi connectivity index (χ1v) is 6.52. The van der Waals surface area contributed by atoms with E-state index in [0.717, 1.165) is 24.0 Å². The minimum Gasteiger partial charge on any atom is -0.507 e. The van der Waals surface area contributed by atoms with Crippen LogP contribution in [0.4, 0.5) is 0 Å². The first-order valence-electron chi connectivity index (χ1n) is 6.52. The van der Waals surface area contributed by atoms with Gasteiger partial charge in [0.1, 0.15) is 11.3 Å². The van der Waals surface area contributed by atoms with Crippen LogP contribution >= 0.6 is 0 Å². The minimum atomic E-state index is -1.08. The molecular formula is C15H22O3. The zero-order valence-corrected chi connectivity index (χ0v) is 11.5. The van der Waals surface area contributed by atoms with Gasteiger partial charge in [0.05, 0.1) is 0 Å². The van der Waals surface area contributed by atoms with E-state index in [1.54, 1.807) is 0 Å². The summed E-state index contributed by atoms with van der Waals surface area (Å²) in [7, 11) is 0. The van der Waals surface area contributed by atoms with Gasteiger partial charge in [0.25, 0.3) is 0 Å². The molecule has 1 aromatic rings. The number of hydrogen-bond donors (Lipinski definition) is 2. The first kappa shape index (κ1) is 14.6. The Morgan fingerprint density at radius 3 is 2.17 bits per heavy atom. The van der Waals surface area contributed by atoms with Crippen molar-refractivity contribution in [3.8, 4) is 5.75 Å². The number of hydrogen-bond acceptors (Lipinski definition) is 2. The summed E-state index contributed by atoms with van der Waals surface area (Å²) in [6.45, 7) is 8.25. The number of rotatable bonds is 5. The Balaban J connectivity index is 3.46. The third-order valence-corrected chi connectivity index (χ3v) is 3.73. The van der Waals surface area contributed by atoms with Crippen molar-refractivity contribution in [3.63, 3.8) is 0 Å². The molecule has 2 atom stereocenters. The molecule has 1 aromatic carbocycles. The topological polar surface area (TPSA) is 57.5 Å². The van der Waals surface area contributed by atoms with Crippen LogP contribution in [0.3, 0.4) is 0 Å². The molecule has 3 nitrogen and oxygen atoms in total. The van der Waals surface area contributed by atoms with Crippen molar-refractivity contribution in [1.82, 2.24) is 0 Å². The zero-order valence-electron chi connectivity index (χ0n) is 11.5. The molecule has 0 aliphatic rings. The molecule has 0 aliphatic heterocycles. The van der Waals surface area contributed by atoms with Crippen LogP contribution in [0.15, 0.2) is 12.1 Å². The van der Waals surface area contributed by atoms with Gasteiger partial charge >= 0.3 is 5.97 Å². The van der Waals surface area contributed by atoms with Crippen molar-refractivity contribution in [2.24, 2.45) is 0 Å². The lowest BCUT2D eigenvalue weighted by Crippen LogP contribution is -2.07. The molecule has 0 heterocycles. The van der Waals surface area contributed by atoms with Crippen LogP contribution in [-0.4, -0.2) is 16.2 Å². The molecule has 2 unspecified atom stereocenters. The Bertz CT molecular complexity index is 438. The maximum Gasteiger partial charge on any atom is 0.339 e. The van der Waals surface area contributed by atoms with Crippen molar-refractivity contribution < 1.29 is 15.0 Å². The van der Waals surface area contributed by atoms with Crippen molar-refractivity contribution in [3.05, 3.63) is 28.8 Å². The predicted molar refractivity (Wildman–Crippen MR) is 72.5 cm³/mol. The Kier molecular flexibility index (Phi) is 4.76. The Morgan fingerprint density at radius 1 is 1.17 bits per heavy atom. The summed E-state index contributed by atoms with van der Waals surface area (Å²) in [6, 6.07) is 3.35. The van der Waals surface area contributed by atoms with Gasteiger partial charge in [-0.05, 0) is 36.3 Å². The molecule has 0 saturated heterocycles. The highest BCUT2D eigenvalue weighted by molar-refractivity contribution is 5.91. The van der Waals surface area contributed by atoms with Crippen molar-refractivity contribution >= 4 is 5.97 Å².